The van der Waals surface area contributed by atoms with E-state index in [-0.39, 0.29) is 17.2 Å². The molecular weight excluding hydrogens is 344 g/mol. The van der Waals surface area contributed by atoms with Crippen LogP contribution >= 0.6 is 0 Å². The third-order valence-electron chi connectivity index (χ3n) is 6.62. The standard InChI is InChI=1S/C21H26N2O4/c1-4-20-11-7-13-23-19(25)18(26-2)17(21(20,23)27-3)14-8-5-6-9-15(14)22-16(24)10-12-20/h5-6,8-9H,4,7,10-13H2,1-3H3,(H,22,24)/t20-,21?/m1/s1. The lowest BCUT2D eigenvalue weighted by Gasteiger charge is -2.56. The maximum Gasteiger partial charge on any atom is 0.291 e. The van der Waals surface area contributed by atoms with Gasteiger partial charge in [0.2, 0.25) is 5.91 Å². The van der Waals surface area contributed by atoms with E-state index >= 15 is 0 Å². The average molecular weight is 370 g/mol. The Labute approximate surface area is 159 Å². The van der Waals surface area contributed by atoms with Crippen LogP contribution in [0.2, 0.25) is 0 Å². The summed E-state index contributed by atoms with van der Waals surface area (Å²) >= 11 is 0. The number of nitrogens with zero attached hydrogens (tertiary/aromatic N) is 1. The third kappa shape index (κ3) is 2.22. The third-order valence-corrected chi connectivity index (χ3v) is 6.62. The van der Waals surface area contributed by atoms with Gasteiger partial charge in [-0.15, -0.1) is 0 Å². The van der Waals surface area contributed by atoms with E-state index in [9.17, 15) is 9.59 Å². The molecule has 0 aliphatic carbocycles. The number of fused-ring (bicyclic) bond motifs is 2. The van der Waals surface area contributed by atoms with Crippen LogP contribution in [0.3, 0.4) is 0 Å². The molecule has 1 aromatic rings. The predicted molar refractivity (Wildman–Crippen MR) is 102 cm³/mol. The van der Waals surface area contributed by atoms with E-state index in [2.05, 4.69) is 12.2 Å². The second-order valence-electron chi connectivity index (χ2n) is 7.54. The maximum atomic E-state index is 13.3. The summed E-state index contributed by atoms with van der Waals surface area (Å²) in [5, 5.41) is 3.02. The summed E-state index contributed by atoms with van der Waals surface area (Å²) in [4.78, 5) is 27.7. The van der Waals surface area contributed by atoms with Crippen molar-refractivity contribution in [1.82, 2.24) is 4.90 Å². The fraction of sp³-hybridized carbons (Fsp3) is 0.524. The van der Waals surface area contributed by atoms with Crippen LogP contribution in [-0.4, -0.2) is 43.2 Å². The van der Waals surface area contributed by atoms with Crippen molar-refractivity contribution in [3.05, 3.63) is 35.6 Å². The van der Waals surface area contributed by atoms with Crippen LogP contribution in [0, 0.1) is 5.41 Å². The van der Waals surface area contributed by atoms with Crippen molar-refractivity contribution in [3.8, 4) is 0 Å². The van der Waals surface area contributed by atoms with Gasteiger partial charge in [0.1, 0.15) is 0 Å². The van der Waals surface area contributed by atoms with Gasteiger partial charge >= 0.3 is 0 Å². The van der Waals surface area contributed by atoms with Gasteiger partial charge in [0, 0.05) is 36.7 Å². The number of ether oxygens (including phenoxy) is 2. The highest BCUT2D eigenvalue weighted by atomic mass is 16.5. The van der Waals surface area contributed by atoms with Crippen molar-refractivity contribution >= 4 is 23.1 Å². The van der Waals surface area contributed by atoms with Crippen molar-refractivity contribution in [2.45, 2.75) is 44.8 Å². The van der Waals surface area contributed by atoms with Crippen LogP contribution < -0.4 is 5.32 Å². The molecule has 27 heavy (non-hydrogen) atoms. The number of hydrogen-bond acceptors (Lipinski definition) is 4. The van der Waals surface area contributed by atoms with Gasteiger partial charge in [-0.05, 0) is 31.7 Å². The average Bonchev–Trinajstić information content (AvgIpc) is 2.97. The summed E-state index contributed by atoms with van der Waals surface area (Å²) in [6, 6.07) is 7.59. The molecule has 0 saturated carbocycles. The van der Waals surface area contributed by atoms with Crippen molar-refractivity contribution in [2.75, 3.05) is 26.1 Å². The van der Waals surface area contributed by atoms with E-state index in [4.69, 9.17) is 9.47 Å². The molecular formula is C21H26N2O4. The Hall–Kier alpha value is -2.34. The van der Waals surface area contributed by atoms with Gasteiger partial charge in [-0.25, -0.2) is 0 Å². The number of hydrogen-bond donors (Lipinski definition) is 1. The first-order valence-electron chi connectivity index (χ1n) is 9.60. The molecule has 2 amide bonds. The molecule has 1 unspecified atom stereocenters. The van der Waals surface area contributed by atoms with Crippen molar-refractivity contribution < 1.29 is 19.1 Å². The molecule has 1 saturated heterocycles. The number of carbonyl (C=O) groups is 2. The fourth-order valence-corrected chi connectivity index (χ4v) is 5.40. The van der Waals surface area contributed by atoms with E-state index in [0.29, 0.717) is 30.8 Å². The highest BCUT2D eigenvalue weighted by Crippen LogP contribution is 2.61. The second kappa shape index (κ2) is 6.37. The van der Waals surface area contributed by atoms with E-state index in [1.54, 1.807) is 7.11 Å². The molecule has 0 aromatic heterocycles. The summed E-state index contributed by atoms with van der Waals surface area (Å²) in [6.07, 6.45) is 3.64. The first kappa shape index (κ1) is 18.0. The Morgan fingerprint density at radius 1 is 1.19 bits per heavy atom. The number of nitrogens with one attached hydrogen (secondary N) is 1. The number of carbonyl (C=O) groups excluding carboxylic acids is 2. The van der Waals surface area contributed by atoms with Crippen LogP contribution in [0.25, 0.3) is 5.57 Å². The minimum atomic E-state index is -0.926. The van der Waals surface area contributed by atoms with Gasteiger partial charge in [-0.3, -0.25) is 9.59 Å². The molecule has 3 aliphatic rings. The first-order chi connectivity index (χ1) is 13.0. The molecule has 6 nitrogen and oxygen atoms in total. The van der Waals surface area contributed by atoms with E-state index in [0.717, 1.165) is 30.4 Å². The quantitative estimate of drug-likeness (QED) is 0.888. The Morgan fingerprint density at radius 2 is 1.96 bits per heavy atom. The fourth-order valence-electron chi connectivity index (χ4n) is 5.40. The first-order valence-corrected chi connectivity index (χ1v) is 9.60. The molecule has 6 heteroatoms. The minimum absolute atomic E-state index is 0.00971. The molecule has 1 N–H and O–H groups in total. The lowest BCUT2D eigenvalue weighted by Crippen LogP contribution is -2.63. The van der Waals surface area contributed by atoms with Gasteiger partial charge in [0.15, 0.2) is 11.5 Å². The Morgan fingerprint density at radius 3 is 2.67 bits per heavy atom. The van der Waals surface area contributed by atoms with E-state index < -0.39 is 5.72 Å². The summed E-state index contributed by atoms with van der Waals surface area (Å²) in [6.45, 7) is 2.74. The maximum absolute atomic E-state index is 13.3. The summed E-state index contributed by atoms with van der Waals surface area (Å²) in [7, 11) is 3.20. The molecule has 1 fully saturated rings. The van der Waals surface area contributed by atoms with Crippen LogP contribution in [0.5, 0.6) is 0 Å². The number of benzene rings is 1. The summed E-state index contributed by atoms with van der Waals surface area (Å²) < 4.78 is 11.9. The van der Waals surface area contributed by atoms with Gasteiger partial charge in [0.05, 0.1) is 12.7 Å². The Kier molecular flexibility index (Phi) is 4.26. The van der Waals surface area contributed by atoms with Crippen LogP contribution in [-0.2, 0) is 19.1 Å². The highest BCUT2D eigenvalue weighted by Gasteiger charge is 2.65. The summed E-state index contributed by atoms with van der Waals surface area (Å²) in [5.41, 5.74) is 0.958. The van der Waals surface area contributed by atoms with E-state index in [1.165, 1.54) is 7.11 Å². The predicted octanol–water partition coefficient (Wildman–Crippen LogP) is 3.15. The number of piperidine rings is 1. The van der Waals surface area contributed by atoms with Crippen molar-refractivity contribution in [1.29, 1.82) is 0 Å². The Bertz CT molecular complexity index is 833. The molecule has 3 heterocycles. The van der Waals surface area contributed by atoms with Gasteiger partial charge in [0.25, 0.3) is 5.91 Å². The van der Waals surface area contributed by atoms with Gasteiger partial charge in [-0.1, -0.05) is 25.1 Å². The molecule has 3 aliphatic heterocycles. The normalized spacial score (nSPS) is 30.1. The number of para-hydroxylation sites is 1. The largest absolute Gasteiger partial charge is 0.491 e. The second-order valence-corrected chi connectivity index (χ2v) is 7.54. The lowest BCUT2D eigenvalue weighted by atomic mass is 9.63. The van der Waals surface area contributed by atoms with Crippen LogP contribution in [0.1, 0.15) is 44.6 Å². The smallest absolute Gasteiger partial charge is 0.291 e. The SMILES string of the molecule is CC[C@@]12CCCN3C(=O)C(OC)=C(c4ccccc4NC(=O)CC1)C32OC. The molecule has 2 atom stereocenters. The molecule has 0 bridgehead atoms. The van der Waals surface area contributed by atoms with Crippen LogP contribution in [0.4, 0.5) is 5.69 Å². The monoisotopic (exact) mass is 370 g/mol. The minimum Gasteiger partial charge on any atom is -0.491 e. The van der Waals surface area contributed by atoms with Crippen LogP contribution in [0.15, 0.2) is 30.0 Å². The number of methoxy groups -OCH3 is 2. The zero-order valence-electron chi connectivity index (χ0n) is 16.1. The molecule has 4 rings (SSSR count). The highest BCUT2D eigenvalue weighted by molar-refractivity contribution is 6.09. The number of rotatable bonds is 3. The van der Waals surface area contributed by atoms with Gasteiger partial charge in [-0.2, -0.15) is 0 Å². The van der Waals surface area contributed by atoms with Crippen molar-refractivity contribution in [2.24, 2.45) is 5.41 Å². The topological polar surface area (TPSA) is 67.9 Å². The Balaban J connectivity index is 2.10. The zero-order chi connectivity index (χ0) is 19.2. The lowest BCUT2D eigenvalue weighted by molar-refractivity contribution is -0.197. The number of anilines is 1. The molecule has 0 spiro atoms. The van der Waals surface area contributed by atoms with Gasteiger partial charge < -0.3 is 19.7 Å². The van der Waals surface area contributed by atoms with Crippen molar-refractivity contribution in [3.63, 3.8) is 0 Å². The summed E-state index contributed by atoms with van der Waals surface area (Å²) in [5.74, 6) is 0.179. The molecule has 144 valence electrons. The number of amides is 2. The van der Waals surface area contributed by atoms with E-state index in [1.807, 2.05) is 29.2 Å². The molecule has 0 radical (unpaired) electrons. The molecule has 1 aromatic carbocycles. The zero-order valence-corrected chi connectivity index (χ0v) is 16.1.